The van der Waals surface area contributed by atoms with E-state index in [0.717, 1.165) is 24.8 Å². The molecule has 2 nitrogen and oxygen atoms in total. The van der Waals surface area contributed by atoms with Gasteiger partial charge in [-0.15, -0.1) is 6.58 Å². The number of allylic oxidation sites excluding steroid dienone is 1. The van der Waals surface area contributed by atoms with Crippen LogP contribution in [0.3, 0.4) is 0 Å². The summed E-state index contributed by atoms with van der Waals surface area (Å²) in [6, 6.07) is 10.6. The molecule has 0 radical (unpaired) electrons. The Hall–Kier alpha value is -1.12. The van der Waals surface area contributed by atoms with Crippen LogP contribution < -0.4 is 5.32 Å². The number of benzene rings is 1. The molecule has 0 bridgehead atoms. The van der Waals surface area contributed by atoms with Crippen molar-refractivity contribution in [3.63, 3.8) is 0 Å². The van der Waals surface area contributed by atoms with E-state index < -0.39 is 0 Å². The average molecular weight is 233 g/mol. The van der Waals surface area contributed by atoms with Crippen LogP contribution in [0.5, 0.6) is 0 Å². The molecule has 0 aliphatic heterocycles. The monoisotopic (exact) mass is 233 g/mol. The predicted octanol–water partition coefficient (Wildman–Crippen LogP) is 3.05. The van der Waals surface area contributed by atoms with Gasteiger partial charge in [0.2, 0.25) is 0 Å². The minimum absolute atomic E-state index is 0.0333. The molecule has 2 unspecified atom stereocenters. The second kappa shape index (κ2) is 8.04. The molecule has 1 aromatic carbocycles. The maximum absolute atomic E-state index is 9.47. The molecule has 0 saturated heterocycles. The molecule has 2 atom stereocenters. The van der Waals surface area contributed by atoms with E-state index in [-0.39, 0.29) is 12.6 Å². The van der Waals surface area contributed by atoms with E-state index in [1.165, 1.54) is 0 Å². The first-order chi connectivity index (χ1) is 8.31. The molecule has 2 N–H and O–H groups in total. The summed E-state index contributed by atoms with van der Waals surface area (Å²) in [7, 11) is 0. The lowest BCUT2D eigenvalue weighted by molar-refractivity contribution is 0.229. The van der Waals surface area contributed by atoms with Crippen molar-refractivity contribution in [2.75, 3.05) is 6.61 Å². The summed E-state index contributed by atoms with van der Waals surface area (Å²) in [4.78, 5) is 0. The molecular formula is C15H23NO. The average Bonchev–Trinajstić information content (AvgIpc) is 2.40. The number of aliphatic hydroxyl groups is 1. The molecule has 0 saturated carbocycles. The van der Waals surface area contributed by atoms with Gasteiger partial charge in [0.15, 0.2) is 0 Å². The molecular weight excluding hydrogens is 210 g/mol. The van der Waals surface area contributed by atoms with Crippen LogP contribution in [0.25, 0.3) is 0 Å². The largest absolute Gasteiger partial charge is 0.394 e. The summed E-state index contributed by atoms with van der Waals surface area (Å²) >= 11 is 0. The Bertz CT molecular complexity index is 310. The molecule has 0 aliphatic rings. The van der Waals surface area contributed by atoms with Crippen molar-refractivity contribution in [3.05, 3.63) is 48.6 Å². The van der Waals surface area contributed by atoms with Crippen LogP contribution in [0.4, 0.5) is 0 Å². The van der Waals surface area contributed by atoms with Crippen LogP contribution in [0.15, 0.2) is 43.0 Å². The summed E-state index contributed by atoms with van der Waals surface area (Å²) < 4.78 is 0. The Labute approximate surface area is 104 Å². The lowest BCUT2D eigenvalue weighted by atomic mass is 10.0. The first-order valence-electron chi connectivity index (χ1n) is 6.34. The molecule has 94 valence electrons. The molecule has 0 amide bonds. The minimum atomic E-state index is 0.0333. The van der Waals surface area contributed by atoms with Crippen molar-refractivity contribution in [3.8, 4) is 0 Å². The Morgan fingerprint density at radius 3 is 2.59 bits per heavy atom. The van der Waals surface area contributed by atoms with Gasteiger partial charge in [0.25, 0.3) is 0 Å². The van der Waals surface area contributed by atoms with E-state index in [9.17, 15) is 5.11 Å². The zero-order valence-corrected chi connectivity index (χ0v) is 10.6. The van der Waals surface area contributed by atoms with Crippen LogP contribution in [-0.2, 0) is 0 Å². The zero-order chi connectivity index (χ0) is 12.5. The van der Waals surface area contributed by atoms with Gasteiger partial charge in [-0.3, -0.25) is 0 Å². The topological polar surface area (TPSA) is 32.3 Å². The third-order valence-electron chi connectivity index (χ3n) is 3.03. The highest BCUT2D eigenvalue weighted by Crippen LogP contribution is 2.15. The molecule has 17 heavy (non-hydrogen) atoms. The van der Waals surface area contributed by atoms with Crippen molar-refractivity contribution in [1.29, 1.82) is 0 Å². The van der Waals surface area contributed by atoms with Crippen LogP contribution in [-0.4, -0.2) is 17.8 Å². The highest BCUT2D eigenvalue weighted by atomic mass is 16.3. The number of hydrogen-bond donors (Lipinski definition) is 2. The van der Waals surface area contributed by atoms with E-state index in [4.69, 9.17) is 0 Å². The van der Waals surface area contributed by atoms with Crippen molar-refractivity contribution in [2.24, 2.45) is 0 Å². The fraction of sp³-hybridized carbons (Fsp3) is 0.467. The zero-order valence-electron chi connectivity index (χ0n) is 10.6. The predicted molar refractivity (Wildman–Crippen MR) is 72.9 cm³/mol. The van der Waals surface area contributed by atoms with E-state index in [0.29, 0.717) is 6.04 Å². The van der Waals surface area contributed by atoms with Crippen LogP contribution in [0.2, 0.25) is 0 Å². The summed E-state index contributed by atoms with van der Waals surface area (Å²) in [6.07, 6.45) is 5.10. The second-order valence-corrected chi connectivity index (χ2v) is 4.28. The van der Waals surface area contributed by atoms with Gasteiger partial charge in [-0.25, -0.2) is 0 Å². The molecule has 1 rings (SSSR count). The molecule has 0 aliphatic carbocycles. The van der Waals surface area contributed by atoms with Gasteiger partial charge in [-0.05, 0) is 24.8 Å². The van der Waals surface area contributed by atoms with Gasteiger partial charge in [0, 0.05) is 6.04 Å². The van der Waals surface area contributed by atoms with Crippen LogP contribution >= 0.6 is 0 Å². The lowest BCUT2D eigenvalue weighted by Gasteiger charge is -2.23. The number of nitrogens with one attached hydrogen (secondary N) is 1. The molecule has 0 heterocycles. The van der Waals surface area contributed by atoms with Crippen LogP contribution in [0.1, 0.15) is 37.8 Å². The summed E-state index contributed by atoms with van der Waals surface area (Å²) in [5.41, 5.74) is 1.15. The molecule has 0 aromatic heterocycles. The Morgan fingerprint density at radius 2 is 2.06 bits per heavy atom. The molecule has 0 fully saturated rings. The van der Waals surface area contributed by atoms with E-state index in [1.54, 1.807) is 0 Å². The lowest BCUT2D eigenvalue weighted by Crippen LogP contribution is -2.34. The second-order valence-electron chi connectivity index (χ2n) is 4.28. The molecule has 1 aromatic rings. The summed E-state index contributed by atoms with van der Waals surface area (Å²) in [5, 5.41) is 13.0. The fourth-order valence-electron chi connectivity index (χ4n) is 1.95. The van der Waals surface area contributed by atoms with Gasteiger partial charge in [0.1, 0.15) is 0 Å². The maximum Gasteiger partial charge on any atom is 0.0626 e. The summed E-state index contributed by atoms with van der Waals surface area (Å²) in [5.74, 6) is 0. The quantitative estimate of drug-likeness (QED) is 0.676. The highest BCUT2D eigenvalue weighted by Gasteiger charge is 2.14. The van der Waals surface area contributed by atoms with E-state index in [1.807, 2.05) is 36.4 Å². The third kappa shape index (κ3) is 4.72. The van der Waals surface area contributed by atoms with Gasteiger partial charge in [0.05, 0.1) is 12.6 Å². The maximum atomic E-state index is 9.47. The Kier molecular flexibility index (Phi) is 6.60. The van der Waals surface area contributed by atoms with E-state index in [2.05, 4.69) is 18.8 Å². The standard InChI is InChI=1S/C15H23NO/c1-3-5-11-14(4-2)16-15(12-17)13-9-7-6-8-10-13/h3,6-10,14-17H,1,4-5,11-12H2,2H3. The van der Waals surface area contributed by atoms with E-state index >= 15 is 0 Å². The normalized spacial score (nSPS) is 14.2. The number of aliphatic hydroxyl groups excluding tert-OH is 1. The molecule has 0 spiro atoms. The van der Waals surface area contributed by atoms with Gasteiger partial charge < -0.3 is 10.4 Å². The van der Waals surface area contributed by atoms with Gasteiger partial charge in [-0.1, -0.05) is 43.3 Å². The molecule has 2 heteroatoms. The van der Waals surface area contributed by atoms with Gasteiger partial charge in [-0.2, -0.15) is 0 Å². The smallest absolute Gasteiger partial charge is 0.0626 e. The van der Waals surface area contributed by atoms with Crippen molar-refractivity contribution in [2.45, 2.75) is 38.3 Å². The van der Waals surface area contributed by atoms with Crippen LogP contribution in [0, 0.1) is 0 Å². The van der Waals surface area contributed by atoms with Crippen molar-refractivity contribution < 1.29 is 5.11 Å². The summed E-state index contributed by atoms with van der Waals surface area (Å²) in [6.45, 7) is 6.05. The Balaban J connectivity index is 2.59. The number of hydrogen-bond acceptors (Lipinski definition) is 2. The fourth-order valence-corrected chi connectivity index (χ4v) is 1.95. The third-order valence-corrected chi connectivity index (χ3v) is 3.03. The highest BCUT2D eigenvalue weighted by molar-refractivity contribution is 5.19. The SMILES string of the molecule is C=CCCC(CC)NC(CO)c1ccccc1. The number of rotatable bonds is 8. The first-order valence-corrected chi connectivity index (χ1v) is 6.34. The minimum Gasteiger partial charge on any atom is -0.394 e. The van der Waals surface area contributed by atoms with Crippen molar-refractivity contribution in [1.82, 2.24) is 5.32 Å². The van der Waals surface area contributed by atoms with Crippen molar-refractivity contribution >= 4 is 0 Å². The van der Waals surface area contributed by atoms with Gasteiger partial charge >= 0.3 is 0 Å². The Morgan fingerprint density at radius 1 is 1.35 bits per heavy atom. The first kappa shape index (κ1) is 13.9.